The zero-order valence-electron chi connectivity index (χ0n) is 19.9. The largest absolute Gasteiger partial charge is 0.573 e. The van der Waals surface area contributed by atoms with Gasteiger partial charge in [-0.05, 0) is 79.6 Å². The molecule has 1 aliphatic heterocycles. The summed E-state index contributed by atoms with van der Waals surface area (Å²) in [6.07, 6.45) is -2.05. The monoisotopic (exact) mass is 531 g/mol. The van der Waals surface area contributed by atoms with Crippen LogP contribution in [-0.2, 0) is 22.8 Å². The van der Waals surface area contributed by atoms with E-state index in [1.165, 1.54) is 23.3 Å². The summed E-state index contributed by atoms with van der Waals surface area (Å²) in [6.45, 7) is 0. The van der Waals surface area contributed by atoms with E-state index in [0.717, 1.165) is 42.8 Å². The second-order valence-corrected chi connectivity index (χ2v) is 11.2. The van der Waals surface area contributed by atoms with Crippen molar-refractivity contribution in [1.82, 2.24) is 4.72 Å². The van der Waals surface area contributed by atoms with Crippen LogP contribution in [0.1, 0.15) is 30.4 Å². The van der Waals surface area contributed by atoms with E-state index in [0.29, 0.717) is 12.8 Å². The highest BCUT2D eigenvalue weighted by Gasteiger charge is 2.39. The summed E-state index contributed by atoms with van der Waals surface area (Å²) in [5.41, 5.74) is 4.44. The number of aliphatic hydroxyl groups is 1. The summed E-state index contributed by atoms with van der Waals surface area (Å²) >= 11 is 0. The van der Waals surface area contributed by atoms with Crippen molar-refractivity contribution >= 4 is 21.3 Å². The van der Waals surface area contributed by atoms with E-state index >= 15 is 0 Å². The lowest BCUT2D eigenvalue weighted by Gasteiger charge is -2.43. The maximum absolute atomic E-state index is 13.3. The van der Waals surface area contributed by atoms with Gasteiger partial charge in [-0.25, -0.2) is 13.7 Å². The Balaban J connectivity index is 1.41. The van der Waals surface area contributed by atoms with Crippen molar-refractivity contribution < 1.29 is 27.2 Å². The minimum absolute atomic E-state index is 0.0156. The number of nitrogens with one attached hydrogen (secondary N) is 2. The molecule has 0 saturated heterocycles. The van der Waals surface area contributed by atoms with Gasteiger partial charge in [-0.15, -0.1) is 13.2 Å². The van der Waals surface area contributed by atoms with Gasteiger partial charge in [0.1, 0.15) is 15.7 Å². The molecular weight excluding hydrogens is 503 g/mol. The average Bonchev–Trinajstić information content (AvgIpc) is 3.02. The Labute approximate surface area is 214 Å². The molecule has 1 heterocycles. The first-order valence-corrected chi connectivity index (χ1v) is 13.7. The topological polar surface area (TPSA) is 85.7 Å². The lowest BCUT2D eigenvalue weighted by molar-refractivity contribution is -0.274. The second-order valence-electron chi connectivity index (χ2n) is 9.42. The summed E-state index contributed by atoms with van der Waals surface area (Å²) in [5.74, 6) is -0.456. The van der Waals surface area contributed by atoms with Crippen molar-refractivity contribution in [3.05, 3.63) is 83.9 Å². The molecule has 0 aromatic heterocycles. The van der Waals surface area contributed by atoms with E-state index < -0.39 is 34.2 Å². The van der Waals surface area contributed by atoms with Gasteiger partial charge >= 0.3 is 6.36 Å². The quantitative estimate of drug-likeness (QED) is 0.394. The smallest absolute Gasteiger partial charge is 0.406 e. The molecule has 3 aromatic carbocycles. The number of nitrogens with zero attached hydrogens (tertiary/aromatic N) is 1. The Kier molecular flexibility index (Phi) is 6.91. The van der Waals surface area contributed by atoms with E-state index in [-0.39, 0.29) is 10.9 Å². The second kappa shape index (κ2) is 10.00. The van der Waals surface area contributed by atoms with Gasteiger partial charge in [0.25, 0.3) is 0 Å². The fourth-order valence-electron chi connectivity index (χ4n) is 5.35. The van der Waals surface area contributed by atoms with E-state index in [2.05, 4.69) is 38.6 Å². The lowest BCUT2D eigenvalue weighted by Crippen LogP contribution is -2.55. The number of rotatable bonds is 5. The molecule has 1 saturated carbocycles. The van der Waals surface area contributed by atoms with Crippen LogP contribution in [-0.4, -0.2) is 33.9 Å². The number of halogens is 3. The summed E-state index contributed by atoms with van der Waals surface area (Å²) in [4.78, 5) is 2.20. The first-order valence-electron chi connectivity index (χ1n) is 12.2. The number of aliphatic hydroxyl groups excluding tert-OH is 1. The molecule has 3 N–H and O–H groups in total. The molecule has 37 heavy (non-hydrogen) atoms. The number of ether oxygens (including phenoxy) is 1. The molecular formula is C27H28F3N3O3S. The van der Waals surface area contributed by atoms with Crippen molar-refractivity contribution in [2.75, 3.05) is 4.90 Å². The van der Waals surface area contributed by atoms with E-state index in [9.17, 15) is 22.5 Å². The van der Waals surface area contributed by atoms with Gasteiger partial charge in [-0.3, -0.25) is 0 Å². The number of alkyl halides is 3. The SMILES string of the molecule is N=S(=O)(N[C@H]1CCC[C@H](N2c3ccccc3CCc3ccccc32)[C@@H]1O)c1ccc(OC(F)(F)F)cc1. The highest BCUT2D eigenvalue weighted by molar-refractivity contribution is 7.90. The normalized spacial score (nSPS) is 23.4. The Morgan fingerprint density at radius 2 is 1.49 bits per heavy atom. The summed E-state index contributed by atoms with van der Waals surface area (Å²) in [7, 11) is -3.60. The molecule has 6 nitrogen and oxygen atoms in total. The minimum Gasteiger partial charge on any atom is -0.406 e. The predicted octanol–water partition coefficient (Wildman–Crippen LogP) is 5.71. The fraction of sp³-hybridized carbons (Fsp3) is 0.333. The third kappa shape index (κ3) is 5.46. The molecule has 0 spiro atoms. The summed E-state index contributed by atoms with van der Waals surface area (Å²) in [6, 6.07) is 19.7. The van der Waals surface area contributed by atoms with Crippen molar-refractivity contribution in [2.45, 2.75) is 61.5 Å². The Hall–Kier alpha value is -3.08. The number of fused-ring (bicyclic) bond motifs is 2. The molecule has 196 valence electrons. The van der Waals surface area contributed by atoms with Crippen LogP contribution in [0.3, 0.4) is 0 Å². The molecule has 3 aromatic rings. The maximum atomic E-state index is 13.3. The predicted molar refractivity (Wildman–Crippen MR) is 135 cm³/mol. The molecule has 2 aliphatic rings. The van der Waals surface area contributed by atoms with E-state index in [1.54, 1.807) is 0 Å². The van der Waals surface area contributed by atoms with Crippen LogP contribution in [0.15, 0.2) is 77.7 Å². The standard InChI is InChI=1S/C27H28F3N3O3S/c28-27(29,30)36-20-14-16-21(17-15-20)37(31,35)32-22-8-5-11-25(26(22)34)33-23-9-3-1-6-18(23)12-13-19-7-2-4-10-24(19)33/h1-4,6-7,9-10,14-17,22,25-26,34H,5,8,11-13H2,(H2,31,32,35)/t22-,25-,26+,37?/m0/s1. The number of benzene rings is 3. The molecule has 1 unspecified atom stereocenters. The maximum Gasteiger partial charge on any atom is 0.573 e. The van der Waals surface area contributed by atoms with Crippen LogP contribution in [0.5, 0.6) is 5.75 Å². The van der Waals surface area contributed by atoms with E-state index in [1.807, 2.05) is 24.3 Å². The molecule has 5 rings (SSSR count). The molecule has 4 atom stereocenters. The van der Waals surface area contributed by atoms with Gasteiger partial charge in [0.05, 0.1) is 17.0 Å². The van der Waals surface area contributed by atoms with Crippen molar-refractivity contribution in [2.24, 2.45) is 0 Å². The molecule has 0 amide bonds. The van der Waals surface area contributed by atoms with Crippen LogP contribution in [0, 0.1) is 4.78 Å². The summed E-state index contributed by atoms with van der Waals surface area (Å²) < 4.78 is 65.8. The van der Waals surface area contributed by atoms with Gasteiger partial charge < -0.3 is 14.7 Å². The highest BCUT2D eigenvalue weighted by atomic mass is 32.2. The van der Waals surface area contributed by atoms with Gasteiger partial charge in [-0.1, -0.05) is 36.4 Å². The Morgan fingerprint density at radius 3 is 2.05 bits per heavy atom. The van der Waals surface area contributed by atoms with Crippen LogP contribution < -0.4 is 14.4 Å². The minimum atomic E-state index is -4.84. The molecule has 10 heteroatoms. The molecule has 1 aliphatic carbocycles. The summed E-state index contributed by atoms with van der Waals surface area (Å²) in [5, 5.41) is 11.5. The number of hydrogen-bond donors (Lipinski definition) is 3. The van der Waals surface area contributed by atoms with E-state index in [4.69, 9.17) is 4.78 Å². The third-order valence-electron chi connectivity index (χ3n) is 7.03. The first-order chi connectivity index (χ1) is 17.6. The van der Waals surface area contributed by atoms with Gasteiger partial charge in [-0.2, -0.15) is 0 Å². The zero-order chi connectivity index (χ0) is 26.2. The highest BCUT2D eigenvalue weighted by Crippen LogP contribution is 2.41. The van der Waals surface area contributed by atoms with Crippen molar-refractivity contribution in [1.29, 1.82) is 4.78 Å². The van der Waals surface area contributed by atoms with Crippen molar-refractivity contribution in [3.8, 4) is 5.75 Å². The van der Waals surface area contributed by atoms with Crippen LogP contribution in [0.25, 0.3) is 0 Å². The fourth-order valence-corrected chi connectivity index (χ4v) is 6.69. The van der Waals surface area contributed by atoms with Gasteiger partial charge in [0.15, 0.2) is 0 Å². The number of hydrogen-bond acceptors (Lipinski definition) is 5. The molecule has 0 bridgehead atoms. The van der Waals surface area contributed by atoms with Gasteiger partial charge in [0.2, 0.25) is 0 Å². The number of anilines is 2. The molecule has 0 radical (unpaired) electrons. The third-order valence-corrected chi connectivity index (χ3v) is 8.60. The lowest BCUT2D eigenvalue weighted by atomic mass is 9.86. The number of aryl methyl sites for hydroxylation is 2. The van der Waals surface area contributed by atoms with Crippen LogP contribution in [0.4, 0.5) is 24.5 Å². The van der Waals surface area contributed by atoms with Crippen molar-refractivity contribution in [3.63, 3.8) is 0 Å². The number of para-hydroxylation sites is 2. The van der Waals surface area contributed by atoms with Gasteiger partial charge in [0, 0.05) is 17.4 Å². The molecule has 1 fully saturated rings. The Bertz CT molecular complexity index is 1320. The first kappa shape index (κ1) is 25.6. The zero-order valence-corrected chi connectivity index (χ0v) is 20.8. The average molecular weight is 532 g/mol. The van der Waals surface area contributed by atoms with Crippen LogP contribution in [0.2, 0.25) is 0 Å². The Morgan fingerprint density at radius 1 is 0.919 bits per heavy atom. The van der Waals surface area contributed by atoms with Crippen LogP contribution >= 0.6 is 0 Å².